The lowest BCUT2D eigenvalue weighted by Gasteiger charge is -2.24. The molecule has 0 saturated carbocycles. The molecule has 6 nitrogen and oxygen atoms in total. The van der Waals surface area contributed by atoms with Crippen molar-refractivity contribution in [2.24, 2.45) is 4.99 Å². The first-order valence-corrected chi connectivity index (χ1v) is 13.7. The van der Waals surface area contributed by atoms with Crippen LogP contribution >= 0.6 is 56.5 Å². The smallest absolute Gasteiger partial charge is 0.338 e. The second-order valence-electron chi connectivity index (χ2n) is 7.82. The van der Waals surface area contributed by atoms with Crippen molar-refractivity contribution in [2.45, 2.75) is 26.8 Å². The van der Waals surface area contributed by atoms with Crippen LogP contribution in [0.25, 0.3) is 6.08 Å². The van der Waals surface area contributed by atoms with Gasteiger partial charge in [-0.3, -0.25) is 9.36 Å². The van der Waals surface area contributed by atoms with Crippen LogP contribution in [-0.4, -0.2) is 24.2 Å². The molecule has 9 heteroatoms. The number of aryl methyl sites for hydroxylation is 1. The number of hydrogen-bond acceptors (Lipinski definition) is 6. The van der Waals surface area contributed by atoms with E-state index in [4.69, 9.17) is 4.74 Å². The maximum Gasteiger partial charge on any atom is 0.338 e. The van der Waals surface area contributed by atoms with Crippen LogP contribution in [0.2, 0.25) is 0 Å². The lowest BCUT2D eigenvalue weighted by atomic mass is 9.95. The van der Waals surface area contributed by atoms with E-state index < -0.39 is 12.0 Å². The zero-order valence-electron chi connectivity index (χ0n) is 19.1. The second kappa shape index (κ2) is 10.3. The van der Waals surface area contributed by atoms with Gasteiger partial charge < -0.3 is 10.1 Å². The highest BCUT2D eigenvalue weighted by atomic mass is 127. The van der Waals surface area contributed by atoms with Crippen molar-refractivity contribution in [3.63, 3.8) is 0 Å². The Morgan fingerprint density at radius 2 is 1.85 bits per heavy atom. The molecule has 1 atom stereocenters. The van der Waals surface area contributed by atoms with Crippen molar-refractivity contribution in [2.75, 3.05) is 19.0 Å². The number of anilines is 1. The fourth-order valence-corrected chi connectivity index (χ4v) is 7.32. The van der Waals surface area contributed by atoms with E-state index in [1.54, 1.807) is 18.4 Å². The Hall–Kier alpha value is -1.99. The molecular weight excluding hydrogens is 676 g/mol. The van der Waals surface area contributed by atoms with Crippen LogP contribution in [-0.2, 0) is 9.53 Å². The van der Waals surface area contributed by atoms with E-state index in [1.165, 1.54) is 11.3 Å². The van der Waals surface area contributed by atoms with Gasteiger partial charge in [-0.15, -0.1) is 0 Å². The Balaban J connectivity index is 1.94. The van der Waals surface area contributed by atoms with Gasteiger partial charge in [0.05, 0.1) is 34.1 Å². The number of nitrogens with one attached hydrogen (secondary N) is 1. The van der Waals surface area contributed by atoms with Crippen LogP contribution in [0.3, 0.4) is 0 Å². The minimum Gasteiger partial charge on any atom is -0.463 e. The molecule has 0 saturated heterocycles. The molecule has 2 heterocycles. The van der Waals surface area contributed by atoms with Gasteiger partial charge in [0.15, 0.2) is 4.80 Å². The van der Waals surface area contributed by atoms with Crippen LogP contribution in [0, 0.1) is 14.1 Å². The number of carbonyl (C=O) groups excluding carboxylic acids is 1. The Bertz CT molecular complexity index is 1460. The topological polar surface area (TPSA) is 72.7 Å². The van der Waals surface area contributed by atoms with E-state index in [1.807, 2.05) is 56.4 Å². The molecule has 0 aliphatic carbocycles. The highest BCUT2D eigenvalue weighted by Gasteiger charge is 2.33. The lowest BCUT2D eigenvalue weighted by molar-refractivity contribution is -0.139. The van der Waals surface area contributed by atoms with Gasteiger partial charge in [0.2, 0.25) is 0 Å². The highest BCUT2D eigenvalue weighted by molar-refractivity contribution is 14.1. The third-order valence-electron chi connectivity index (χ3n) is 5.52. The quantitative estimate of drug-likeness (QED) is 0.318. The van der Waals surface area contributed by atoms with Gasteiger partial charge in [-0.1, -0.05) is 41.2 Å². The number of hydrogen-bond donors (Lipinski definition) is 1. The summed E-state index contributed by atoms with van der Waals surface area (Å²) < 4.78 is 9.69. The van der Waals surface area contributed by atoms with E-state index in [9.17, 15) is 9.59 Å². The van der Waals surface area contributed by atoms with Gasteiger partial charge in [0, 0.05) is 14.2 Å². The molecule has 0 bridgehead atoms. The van der Waals surface area contributed by atoms with E-state index in [0.29, 0.717) is 20.6 Å². The molecule has 1 aliphatic rings. The minimum atomic E-state index is -0.593. The van der Waals surface area contributed by atoms with Crippen LogP contribution in [0.4, 0.5) is 5.69 Å². The van der Waals surface area contributed by atoms with Crippen LogP contribution in [0.1, 0.15) is 36.6 Å². The number of halogens is 2. The van der Waals surface area contributed by atoms with Gasteiger partial charge in [-0.05, 0) is 95.3 Å². The minimum absolute atomic E-state index is 0.175. The average molecular weight is 699 g/mol. The van der Waals surface area contributed by atoms with Crippen molar-refractivity contribution in [1.29, 1.82) is 0 Å². The molecule has 0 amide bonds. The molecule has 1 N–H and O–H groups in total. The molecule has 176 valence electrons. The van der Waals surface area contributed by atoms with Crippen molar-refractivity contribution < 1.29 is 9.53 Å². The molecule has 0 radical (unpaired) electrons. The molecule has 0 spiro atoms. The van der Waals surface area contributed by atoms with Crippen LogP contribution in [0.5, 0.6) is 0 Å². The summed E-state index contributed by atoms with van der Waals surface area (Å²) in [6.45, 7) is 5.82. The van der Waals surface area contributed by atoms with Gasteiger partial charge >= 0.3 is 5.97 Å². The zero-order chi connectivity index (χ0) is 24.6. The van der Waals surface area contributed by atoms with Crippen molar-refractivity contribution in [1.82, 2.24) is 4.57 Å². The highest BCUT2D eigenvalue weighted by Crippen LogP contribution is 2.31. The molecular formula is C25H23I2N3O3S. The van der Waals surface area contributed by atoms with Gasteiger partial charge in [-0.2, -0.15) is 0 Å². The van der Waals surface area contributed by atoms with Gasteiger partial charge in [0.1, 0.15) is 0 Å². The number of thiazole rings is 1. The number of fused-ring (bicyclic) bond motifs is 1. The number of aromatic nitrogens is 1. The number of nitrogens with zero attached hydrogens (tertiary/aromatic N) is 2. The van der Waals surface area contributed by atoms with E-state index in [2.05, 4.69) is 55.5 Å². The van der Waals surface area contributed by atoms with E-state index in [-0.39, 0.29) is 12.2 Å². The van der Waals surface area contributed by atoms with E-state index >= 15 is 0 Å². The zero-order valence-corrected chi connectivity index (χ0v) is 24.2. The second-order valence-corrected chi connectivity index (χ2v) is 11.2. The Morgan fingerprint density at radius 1 is 1.21 bits per heavy atom. The first kappa shape index (κ1) is 25.1. The maximum absolute atomic E-state index is 13.7. The number of esters is 1. The summed E-state index contributed by atoms with van der Waals surface area (Å²) in [7, 11) is 1.89. The number of benzene rings is 2. The summed E-state index contributed by atoms with van der Waals surface area (Å²) in [5.41, 5.74) is 4.74. The molecule has 3 aromatic rings. The Kier molecular flexibility index (Phi) is 7.63. The van der Waals surface area contributed by atoms with Crippen molar-refractivity contribution in [3.05, 3.63) is 91.2 Å². The maximum atomic E-state index is 13.7. The number of carbonyl (C=O) groups is 1. The molecule has 2 aromatic carbocycles. The number of allylic oxidation sites excluding steroid dienone is 1. The fraction of sp³-hybridized carbons (Fsp3) is 0.240. The van der Waals surface area contributed by atoms with Crippen LogP contribution < -0.4 is 20.2 Å². The SMILES string of the molecule is CCOC(=O)C1=C(C)N=c2s/c(=C/c3cc(I)c(NC)c(I)c3)c(=O)n2[C@@H]1c1ccc(C)cc1. The Labute approximate surface area is 228 Å². The van der Waals surface area contributed by atoms with Gasteiger partial charge in [0.25, 0.3) is 5.56 Å². The monoisotopic (exact) mass is 699 g/mol. The summed E-state index contributed by atoms with van der Waals surface area (Å²) in [4.78, 5) is 31.8. The third kappa shape index (κ3) is 4.74. The molecule has 0 unspecified atom stereocenters. The summed E-state index contributed by atoms with van der Waals surface area (Å²) in [6, 6.07) is 11.4. The summed E-state index contributed by atoms with van der Waals surface area (Å²) >= 11 is 5.91. The number of rotatable bonds is 5. The van der Waals surface area contributed by atoms with Crippen molar-refractivity contribution in [3.8, 4) is 0 Å². The molecule has 4 rings (SSSR count). The fourth-order valence-electron chi connectivity index (χ4n) is 3.92. The van der Waals surface area contributed by atoms with E-state index in [0.717, 1.165) is 29.5 Å². The van der Waals surface area contributed by atoms with Crippen molar-refractivity contribution >= 4 is 74.3 Å². The summed E-state index contributed by atoms with van der Waals surface area (Å²) in [5.74, 6) is -0.449. The predicted octanol–water partition coefficient (Wildman–Crippen LogP) is 4.36. The first-order chi connectivity index (χ1) is 16.2. The normalized spacial score (nSPS) is 15.7. The summed E-state index contributed by atoms with van der Waals surface area (Å²) in [5, 5.41) is 3.21. The lowest BCUT2D eigenvalue weighted by Crippen LogP contribution is -2.39. The Morgan fingerprint density at radius 3 is 2.44 bits per heavy atom. The summed E-state index contributed by atoms with van der Waals surface area (Å²) in [6.07, 6.45) is 1.89. The first-order valence-electron chi connectivity index (χ1n) is 10.7. The molecule has 34 heavy (non-hydrogen) atoms. The third-order valence-corrected chi connectivity index (χ3v) is 8.21. The largest absolute Gasteiger partial charge is 0.463 e. The predicted molar refractivity (Wildman–Crippen MR) is 153 cm³/mol. The molecule has 1 aromatic heterocycles. The molecule has 1 aliphatic heterocycles. The number of ether oxygens (including phenoxy) is 1. The average Bonchev–Trinajstić information content (AvgIpc) is 3.08. The van der Waals surface area contributed by atoms with Gasteiger partial charge in [-0.25, -0.2) is 9.79 Å². The standard InChI is InChI=1S/C25H23I2N3O3S/c1-5-33-24(32)20-14(3)29-25-30(22(20)16-8-6-13(2)7-9-16)23(31)19(34-25)12-15-10-17(26)21(28-4)18(27)11-15/h6-12,22,28H,5H2,1-4H3/b19-12+/t22-/m1/s1. The van der Waals surface area contributed by atoms with Crippen LogP contribution in [0.15, 0.2) is 57.5 Å². The molecule has 0 fully saturated rings.